The number of hydrogen-bond acceptors (Lipinski definition) is 5. The van der Waals surface area contributed by atoms with Gasteiger partial charge in [-0.2, -0.15) is 5.10 Å². The van der Waals surface area contributed by atoms with Gasteiger partial charge in [-0.05, 0) is 48.2 Å². The van der Waals surface area contributed by atoms with Gasteiger partial charge in [0.2, 0.25) is 5.76 Å². The fourth-order valence-electron chi connectivity index (χ4n) is 3.78. The summed E-state index contributed by atoms with van der Waals surface area (Å²) in [5.41, 5.74) is 9.13. The van der Waals surface area contributed by atoms with Crippen LogP contribution in [0.5, 0.6) is 0 Å². The van der Waals surface area contributed by atoms with Crippen molar-refractivity contribution in [2.45, 2.75) is 18.9 Å². The highest BCUT2D eigenvalue weighted by Crippen LogP contribution is 2.38. The van der Waals surface area contributed by atoms with Crippen LogP contribution in [0.1, 0.15) is 34.1 Å². The van der Waals surface area contributed by atoms with E-state index in [0.717, 1.165) is 17.9 Å². The van der Waals surface area contributed by atoms with Gasteiger partial charge in [0.05, 0.1) is 24.1 Å². The molecule has 28 heavy (non-hydrogen) atoms. The van der Waals surface area contributed by atoms with Crippen LogP contribution in [0.2, 0.25) is 5.02 Å². The molecule has 0 radical (unpaired) electrons. The van der Waals surface area contributed by atoms with Gasteiger partial charge in [-0.25, -0.2) is 0 Å². The van der Waals surface area contributed by atoms with E-state index in [4.69, 9.17) is 26.3 Å². The van der Waals surface area contributed by atoms with E-state index in [2.05, 4.69) is 10.3 Å². The van der Waals surface area contributed by atoms with Crippen LogP contribution in [-0.2, 0) is 6.42 Å². The first-order valence-electron chi connectivity index (χ1n) is 8.78. The fourth-order valence-corrected chi connectivity index (χ4v) is 3.97. The van der Waals surface area contributed by atoms with Crippen molar-refractivity contribution in [1.82, 2.24) is 14.9 Å². The van der Waals surface area contributed by atoms with Crippen molar-refractivity contribution in [3.05, 3.63) is 70.8 Å². The van der Waals surface area contributed by atoms with E-state index in [1.54, 1.807) is 18.3 Å². The maximum absolute atomic E-state index is 11.9. The molecule has 4 aromatic rings. The minimum absolute atomic E-state index is 0.0459. The third-order valence-corrected chi connectivity index (χ3v) is 5.27. The van der Waals surface area contributed by atoms with Crippen molar-refractivity contribution in [1.29, 1.82) is 0 Å². The summed E-state index contributed by atoms with van der Waals surface area (Å²) in [6.07, 6.45) is 6.94. The average molecular weight is 395 g/mol. The fraction of sp³-hybridized carbons (Fsp3) is 0.150. The summed E-state index contributed by atoms with van der Waals surface area (Å²) in [5.74, 6) is 0.130. The lowest BCUT2D eigenvalue weighted by Crippen LogP contribution is -2.12. The van der Waals surface area contributed by atoms with Gasteiger partial charge in [-0.15, -0.1) is 0 Å². The molecule has 1 unspecified atom stereocenters. The molecule has 0 aliphatic heterocycles. The van der Waals surface area contributed by atoms with Crippen LogP contribution in [0, 0.1) is 0 Å². The number of halogens is 1. The molecule has 1 aliphatic carbocycles. The predicted octanol–water partition coefficient (Wildman–Crippen LogP) is 4.09. The van der Waals surface area contributed by atoms with E-state index in [9.17, 15) is 4.79 Å². The molecule has 1 aromatic carbocycles. The molecule has 1 atom stereocenters. The number of hydrogen-bond donors (Lipinski definition) is 1. The Morgan fingerprint density at radius 1 is 1.32 bits per heavy atom. The van der Waals surface area contributed by atoms with Crippen molar-refractivity contribution in [2.24, 2.45) is 5.73 Å². The number of aryl methyl sites for hydroxylation is 1. The number of rotatable bonds is 4. The Balaban J connectivity index is 1.58. The maximum atomic E-state index is 11.9. The molecule has 0 saturated heterocycles. The number of benzene rings is 1. The van der Waals surface area contributed by atoms with Crippen molar-refractivity contribution in [3.8, 4) is 22.6 Å². The summed E-state index contributed by atoms with van der Waals surface area (Å²) in [4.78, 5) is 11.9. The standard InChI is InChI=1S/C20H15ClN4O3/c21-13-4-5-14-11(8-13)3-6-15(14)25-10-12(9-23-25)17-18(20(22)26)24-28-19(17)16-2-1-7-27-16/h1-2,4-5,7-10,15H,3,6H2,(H2,22,26). The van der Waals surface area contributed by atoms with Crippen LogP contribution in [0.4, 0.5) is 0 Å². The van der Waals surface area contributed by atoms with Gasteiger partial charge in [-0.1, -0.05) is 22.8 Å². The topological polar surface area (TPSA) is 100 Å². The minimum Gasteiger partial charge on any atom is -0.461 e. The zero-order chi connectivity index (χ0) is 19.3. The zero-order valence-electron chi connectivity index (χ0n) is 14.6. The first-order valence-corrected chi connectivity index (χ1v) is 9.16. The Labute approximate surface area is 164 Å². The lowest BCUT2D eigenvalue weighted by atomic mass is 10.1. The molecule has 140 valence electrons. The van der Waals surface area contributed by atoms with Crippen molar-refractivity contribution >= 4 is 17.5 Å². The minimum atomic E-state index is -0.676. The van der Waals surface area contributed by atoms with Crippen LogP contribution in [0.25, 0.3) is 22.6 Å². The lowest BCUT2D eigenvalue weighted by molar-refractivity contribution is 0.0992. The van der Waals surface area contributed by atoms with E-state index in [1.165, 1.54) is 17.4 Å². The molecule has 1 amide bonds. The number of carbonyl (C=O) groups excluding carboxylic acids is 1. The summed E-state index contributed by atoms with van der Waals surface area (Å²) >= 11 is 6.11. The summed E-state index contributed by atoms with van der Waals surface area (Å²) < 4.78 is 12.7. The van der Waals surface area contributed by atoms with Crippen LogP contribution < -0.4 is 5.73 Å². The van der Waals surface area contributed by atoms with Gasteiger partial charge >= 0.3 is 0 Å². The molecule has 5 rings (SSSR count). The van der Waals surface area contributed by atoms with E-state index in [-0.39, 0.29) is 11.7 Å². The number of nitrogens with two attached hydrogens (primary N) is 1. The third kappa shape index (κ3) is 2.63. The molecular weight excluding hydrogens is 380 g/mol. The smallest absolute Gasteiger partial charge is 0.271 e. The van der Waals surface area contributed by atoms with Gasteiger partial charge in [0.1, 0.15) is 0 Å². The van der Waals surface area contributed by atoms with Gasteiger partial charge in [0.25, 0.3) is 5.91 Å². The van der Waals surface area contributed by atoms with Crippen molar-refractivity contribution < 1.29 is 13.7 Å². The average Bonchev–Trinajstić information content (AvgIpc) is 3.43. The van der Waals surface area contributed by atoms with Gasteiger partial charge in [0, 0.05) is 16.8 Å². The monoisotopic (exact) mass is 394 g/mol. The molecule has 0 spiro atoms. The van der Waals surface area contributed by atoms with Crippen LogP contribution in [-0.4, -0.2) is 20.8 Å². The summed E-state index contributed by atoms with van der Waals surface area (Å²) in [6, 6.07) is 9.50. The molecule has 3 aromatic heterocycles. The second kappa shape index (κ2) is 6.38. The number of carbonyl (C=O) groups is 1. The Morgan fingerprint density at radius 3 is 3.00 bits per heavy atom. The number of primary amides is 1. The van der Waals surface area contributed by atoms with Crippen LogP contribution >= 0.6 is 11.6 Å². The van der Waals surface area contributed by atoms with E-state index >= 15 is 0 Å². The first-order chi connectivity index (χ1) is 13.6. The molecular formula is C20H15ClN4O3. The SMILES string of the molecule is NC(=O)c1noc(-c2ccco2)c1-c1cnn(C2CCc3cc(Cl)ccc32)c1. The van der Waals surface area contributed by atoms with Crippen LogP contribution in [0.15, 0.2) is 57.9 Å². The Kier molecular flexibility index (Phi) is 3.84. The van der Waals surface area contributed by atoms with Crippen molar-refractivity contribution in [3.63, 3.8) is 0 Å². The molecule has 0 fully saturated rings. The number of furan rings is 1. The highest BCUT2D eigenvalue weighted by molar-refractivity contribution is 6.30. The summed E-state index contributed by atoms with van der Waals surface area (Å²) in [5, 5.41) is 9.10. The number of nitrogens with zero attached hydrogens (tertiary/aromatic N) is 3. The molecule has 2 N–H and O–H groups in total. The van der Waals surface area contributed by atoms with Gasteiger partial charge in [-0.3, -0.25) is 9.48 Å². The zero-order valence-corrected chi connectivity index (χ0v) is 15.4. The van der Waals surface area contributed by atoms with Gasteiger partial charge < -0.3 is 14.7 Å². The predicted molar refractivity (Wildman–Crippen MR) is 102 cm³/mol. The molecule has 3 heterocycles. The molecule has 8 heteroatoms. The largest absolute Gasteiger partial charge is 0.461 e. The van der Waals surface area contributed by atoms with E-state index < -0.39 is 5.91 Å². The molecule has 0 bridgehead atoms. The normalized spacial score (nSPS) is 15.7. The Morgan fingerprint density at radius 2 is 2.21 bits per heavy atom. The highest BCUT2D eigenvalue weighted by atomic mass is 35.5. The highest BCUT2D eigenvalue weighted by Gasteiger charge is 2.28. The van der Waals surface area contributed by atoms with Crippen LogP contribution in [0.3, 0.4) is 0 Å². The number of fused-ring (bicyclic) bond motifs is 1. The van der Waals surface area contributed by atoms with Gasteiger partial charge in [0.15, 0.2) is 11.5 Å². The third-order valence-electron chi connectivity index (χ3n) is 5.03. The summed E-state index contributed by atoms with van der Waals surface area (Å²) in [6.45, 7) is 0. The number of amides is 1. The van der Waals surface area contributed by atoms with E-state index in [0.29, 0.717) is 22.6 Å². The van der Waals surface area contributed by atoms with E-state index in [1.807, 2.05) is 29.1 Å². The second-order valence-electron chi connectivity index (χ2n) is 6.68. The maximum Gasteiger partial charge on any atom is 0.271 e. The quantitative estimate of drug-likeness (QED) is 0.562. The Bertz CT molecular complexity index is 1180. The molecule has 1 aliphatic rings. The van der Waals surface area contributed by atoms with Crippen molar-refractivity contribution in [2.75, 3.05) is 0 Å². The summed E-state index contributed by atoms with van der Waals surface area (Å²) in [7, 11) is 0. The first kappa shape index (κ1) is 16.8. The molecule has 7 nitrogen and oxygen atoms in total. The second-order valence-corrected chi connectivity index (χ2v) is 7.12. The lowest BCUT2D eigenvalue weighted by Gasteiger charge is -2.12. The number of aromatic nitrogens is 3. The molecule has 0 saturated carbocycles. The Hall–Kier alpha value is -3.32.